The lowest BCUT2D eigenvalue weighted by molar-refractivity contribution is -0.0498. The van der Waals surface area contributed by atoms with Crippen LogP contribution >= 0.6 is 0 Å². The highest BCUT2D eigenvalue weighted by Crippen LogP contribution is 2.20. The Morgan fingerprint density at radius 1 is 1.00 bits per heavy atom. The number of ether oxygens (including phenoxy) is 1. The van der Waals surface area contributed by atoms with Crippen LogP contribution in [-0.2, 0) is 0 Å². The van der Waals surface area contributed by atoms with Crippen LogP contribution in [0.3, 0.4) is 0 Å². The molecule has 0 spiro atoms. The van der Waals surface area contributed by atoms with Crippen molar-refractivity contribution in [2.24, 2.45) is 0 Å². The molecule has 0 radical (unpaired) electrons. The van der Waals surface area contributed by atoms with Crippen molar-refractivity contribution < 1.29 is 27.5 Å². The molecule has 0 unspecified atom stereocenters. The van der Waals surface area contributed by atoms with Gasteiger partial charge in [0.25, 0.3) is 11.8 Å². The van der Waals surface area contributed by atoms with E-state index in [-0.39, 0.29) is 23.1 Å². The van der Waals surface area contributed by atoms with Gasteiger partial charge in [-0.2, -0.15) is 13.8 Å². The standard InChI is InChI=1S/C18H13F2N3O4/c19-17(20)27-13-8-4-7-12(9-13)21-16(25)14-10-26-18(22-14)23-15(24)11-5-2-1-3-6-11/h1-10,17H,(H,21,25)(H,22,23,24). The van der Waals surface area contributed by atoms with E-state index in [4.69, 9.17) is 4.42 Å². The normalized spacial score (nSPS) is 10.5. The Morgan fingerprint density at radius 2 is 1.78 bits per heavy atom. The molecule has 1 aromatic heterocycles. The summed E-state index contributed by atoms with van der Waals surface area (Å²) in [5.74, 6) is -1.19. The van der Waals surface area contributed by atoms with Crippen molar-refractivity contribution in [2.75, 3.05) is 10.6 Å². The van der Waals surface area contributed by atoms with Gasteiger partial charge in [-0.15, -0.1) is 0 Å². The van der Waals surface area contributed by atoms with Crippen molar-refractivity contribution >= 4 is 23.5 Å². The lowest BCUT2D eigenvalue weighted by Gasteiger charge is -2.07. The summed E-state index contributed by atoms with van der Waals surface area (Å²) < 4.78 is 33.8. The van der Waals surface area contributed by atoms with E-state index in [1.54, 1.807) is 30.3 Å². The van der Waals surface area contributed by atoms with Gasteiger partial charge >= 0.3 is 12.6 Å². The minimum atomic E-state index is -2.97. The summed E-state index contributed by atoms with van der Waals surface area (Å²) in [6, 6.07) is 13.8. The van der Waals surface area contributed by atoms with Crippen LogP contribution in [0.15, 0.2) is 65.3 Å². The molecule has 0 atom stereocenters. The minimum Gasteiger partial charge on any atom is -0.435 e. The Kier molecular flexibility index (Phi) is 5.41. The van der Waals surface area contributed by atoms with E-state index >= 15 is 0 Å². The molecule has 2 N–H and O–H groups in total. The molecule has 2 aromatic carbocycles. The number of alkyl halides is 2. The summed E-state index contributed by atoms with van der Waals surface area (Å²) in [4.78, 5) is 28.1. The summed E-state index contributed by atoms with van der Waals surface area (Å²) in [7, 11) is 0. The van der Waals surface area contributed by atoms with E-state index < -0.39 is 18.4 Å². The number of hydrogen-bond acceptors (Lipinski definition) is 5. The second-order valence-electron chi connectivity index (χ2n) is 5.22. The second kappa shape index (κ2) is 8.09. The predicted octanol–water partition coefficient (Wildman–Crippen LogP) is 3.78. The molecule has 0 aliphatic rings. The molecule has 138 valence electrons. The molecule has 27 heavy (non-hydrogen) atoms. The number of carbonyl (C=O) groups is 2. The second-order valence-corrected chi connectivity index (χ2v) is 5.22. The van der Waals surface area contributed by atoms with Crippen LogP contribution in [-0.4, -0.2) is 23.4 Å². The first-order valence-electron chi connectivity index (χ1n) is 7.69. The van der Waals surface area contributed by atoms with Gasteiger partial charge in [0, 0.05) is 17.3 Å². The lowest BCUT2D eigenvalue weighted by Crippen LogP contribution is -2.14. The van der Waals surface area contributed by atoms with Gasteiger partial charge in [0.1, 0.15) is 12.0 Å². The first-order valence-corrected chi connectivity index (χ1v) is 7.69. The zero-order chi connectivity index (χ0) is 19.2. The minimum absolute atomic E-state index is 0.0984. The van der Waals surface area contributed by atoms with Gasteiger partial charge in [0.05, 0.1) is 0 Å². The van der Waals surface area contributed by atoms with Gasteiger partial charge < -0.3 is 14.5 Å². The van der Waals surface area contributed by atoms with Crippen molar-refractivity contribution in [3.05, 3.63) is 72.1 Å². The number of benzene rings is 2. The van der Waals surface area contributed by atoms with E-state index in [1.165, 1.54) is 24.3 Å². The molecule has 0 fully saturated rings. The average molecular weight is 373 g/mol. The maximum Gasteiger partial charge on any atom is 0.387 e. The molecular weight excluding hydrogens is 360 g/mol. The quantitative estimate of drug-likeness (QED) is 0.686. The van der Waals surface area contributed by atoms with E-state index in [0.717, 1.165) is 6.26 Å². The number of carbonyl (C=O) groups excluding carboxylic acids is 2. The highest BCUT2D eigenvalue weighted by molar-refractivity contribution is 6.05. The fraction of sp³-hybridized carbons (Fsp3) is 0.0556. The summed E-state index contributed by atoms with van der Waals surface area (Å²) in [6.07, 6.45) is 1.06. The number of anilines is 2. The zero-order valence-electron chi connectivity index (χ0n) is 13.7. The molecule has 1 heterocycles. The lowest BCUT2D eigenvalue weighted by atomic mass is 10.2. The molecule has 9 heteroatoms. The molecule has 0 aliphatic carbocycles. The van der Waals surface area contributed by atoms with Gasteiger partial charge in [-0.3, -0.25) is 14.9 Å². The maximum absolute atomic E-state index is 12.2. The number of halogens is 2. The van der Waals surface area contributed by atoms with Crippen LogP contribution in [0.5, 0.6) is 5.75 Å². The number of aromatic nitrogens is 1. The molecule has 2 amide bonds. The number of hydrogen-bond donors (Lipinski definition) is 2. The van der Waals surface area contributed by atoms with Gasteiger partial charge in [-0.1, -0.05) is 24.3 Å². The summed E-state index contributed by atoms with van der Waals surface area (Å²) in [5.41, 5.74) is 0.534. The number of nitrogens with zero attached hydrogens (tertiary/aromatic N) is 1. The van der Waals surface area contributed by atoms with E-state index in [1.807, 2.05) is 0 Å². The third-order valence-corrected chi connectivity index (χ3v) is 3.31. The SMILES string of the molecule is O=C(Nc1nc(C(=O)Nc2cccc(OC(F)F)c2)co1)c1ccccc1. The van der Waals surface area contributed by atoms with Crippen LogP contribution in [0.1, 0.15) is 20.8 Å². The van der Waals surface area contributed by atoms with Crippen LogP contribution in [0.2, 0.25) is 0 Å². The topological polar surface area (TPSA) is 93.5 Å². The van der Waals surface area contributed by atoms with Gasteiger partial charge in [0.2, 0.25) is 0 Å². The number of amides is 2. The number of rotatable bonds is 6. The Balaban J connectivity index is 1.64. The van der Waals surface area contributed by atoms with Crippen molar-refractivity contribution in [1.82, 2.24) is 4.98 Å². The number of oxazole rings is 1. The molecule has 0 aliphatic heterocycles. The Labute approximate surface area is 152 Å². The summed E-state index contributed by atoms with van der Waals surface area (Å²) in [5, 5.41) is 4.90. The highest BCUT2D eigenvalue weighted by atomic mass is 19.3. The van der Waals surface area contributed by atoms with Gasteiger partial charge in [-0.25, -0.2) is 0 Å². The molecule has 0 saturated carbocycles. The fourth-order valence-electron chi connectivity index (χ4n) is 2.14. The van der Waals surface area contributed by atoms with Crippen molar-refractivity contribution in [3.63, 3.8) is 0 Å². The van der Waals surface area contributed by atoms with E-state index in [9.17, 15) is 18.4 Å². The Bertz CT molecular complexity index is 945. The smallest absolute Gasteiger partial charge is 0.387 e. The molecule has 3 aromatic rings. The van der Waals surface area contributed by atoms with Crippen LogP contribution in [0.4, 0.5) is 20.5 Å². The fourth-order valence-corrected chi connectivity index (χ4v) is 2.14. The van der Waals surface area contributed by atoms with Crippen LogP contribution < -0.4 is 15.4 Å². The third kappa shape index (κ3) is 4.88. The van der Waals surface area contributed by atoms with Gasteiger partial charge in [0.15, 0.2) is 5.69 Å². The zero-order valence-corrected chi connectivity index (χ0v) is 13.7. The van der Waals surface area contributed by atoms with Crippen molar-refractivity contribution in [3.8, 4) is 5.75 Å². The highest BCUT2D eigenvalue weighted by Gasteiger charge is 2.15. The largest absolute Gasteiger partial charge is 0.435 e. The molecule has 3 rings (SSSR count). The summed E-state index contributed by atoms with van der Waals surface area (Å²) >= 11 is 0. The molecular formula is C18H13F2N3O4. The van der Waals surface area contributed by atoms with Gasteiger partial charge in [-0.05, 0) is 24.3 Å². The monoisotopic (exact) mass is 373 g/mol. The molecule has 0 bridgehead atoms. The summed E-state index contributed by atoms with van der Waals surface area (Å²) in [6.45, 7) is -2.97. The first kappa shape index (κ1) is 18.1. The molecule has 7 nitrogen and oxygen atoms in total. The Morgan fingerprint density at radius 3 is 2.52 bits per heavy atom. The van der Waals surface area contributed by atoms with E-state index in [0.29, 0.717) is 5.56 Å². The first-order chi connectivity index (χ1) is 13.0. The van der Waals surface area contributed by atoms with E-state index in [2.05, 4.69) is 20.4 Å². The average Bonchev–Trinajstić information content (AvgIpc) is 3.11. The van der Waals surface area contributed by atoms with Crippen LogP contribution in [0, 0.1) is 0 Å². The maximum atomic E-state index is 12.2. The molecule has 0 saturated heterocycles. The third-order valence-electron chi connectivity index (χ3n) is 3.31. The Hall–Kier alpha value is -3.75. The number of nitrogens with one attached hydrogen (secondary N) is 2. The van der Waals surface area contributed by atoms with Crippen molar-refractivity contribution in [2.45, 2.75) is 6.61 Å². The predicted molar refractivity (Wildman–Crippen MR) is 91.9 cm³/mol. The van der Waals surface area contributed by atoms with Crippen molar-refractivity contribution in [1.29, 1.82) is 0 Å². The van der Waals surface area contributed by atoms with Crippen LogP contribution in [0.25, 0.3) is 0 Å².